The van der Waals surface area contributed by atoms with Gasteiger partial charge in [0.15, 0.2) is 0 Å². The first kappa shape index (κ1) is 15.5. The molecule has 2 N–H and O–H groups in total. The Labute approximate surface area is 125 Å². The second-order valence-electron chi connectivity index (χ2n) is 6.14. The van der Waals surface area contributed by atoms with Gasteiger partial charge >= 0.3 is 0 Å². The van der Waals surface area contributed by atoms with E-state index in [4.69, 9.17) is 4.74 Å². The normalized spacial score (nSPS) is 20.0. The predicted octanol–water partition coefficient (Wildman–Crippen LogP) is 1.48. The number of hydrogen-bond donors (Lipinski definition) is 2. The van der Waals surface area contributed by atoms with Crippen molar-refractivity contribution < 1.29 is 14.3 Å². The zero-order valence-electron chi connectivity index (χ0n) is 12.7. The summed E-state index contributed by atoms with van der Waals surface area (Å²) in [4.78, 5) is 23.1. The Morgan fingerprint density at radius 1 is 1.29 bits per heavy atom. The minimum Gasteiger partial charge on any atom is -0.379 e. The summed E-state index contributed by atoms with van der Waals surface area (Å²) in [6, 6.07) is 7.27. The molecule has 0 radical (unpaired) electrons. The van der Waals surface area contributed by atoms with E-state index in [2.05, 4.69) is 24.5 Å². The molecule has 1 saturated heterocycles. The first-order valence-corrected chi connectivity index (χ1v) is 7.10. The van der Waals surface area contributed by atoms with Gasteiger partial charge in [0, 0.05) is 24.4 Å². The minimum absolute atomic E-state index is 0.0315. The zero-order chi connectivity index (χ0) is 15.5. The van der Waals surface area contributed by atoms with Crippen LogP contribution in [0.1, 0.15) is 36.7 Å². The lowest BCUT2D eigenvalue weighted by atomic mass is 9.88. The van der Waals surface area contributed by atoms with Gasteiger partial charge < -0.3 is 15.4 Å². The molecule has 0 aliphatic carbocycles. The number of ether oxygens (including phenoxy) is 1. The zero-order valence-corrected chi connectivity index (χ0v) is 12.7. The van der Waals surface area contributed by atoms with Gasteiger partial charge in [0.05, 0.1) is 19.3 Å². The van der Waals surface area contributed by atoms with Crippen molar-refractivity contribution in [3.8, 4) is 0 Å². The SMILES string of the molecule is CC(=O)NCc1ccc(C(=O)NC2COCC2(C)C)cc1. The third-order valence-electron chi connectivity index (χ3n) is 3.76. The second kappa shape index (κ2) is 6.26. The van der Waals surface area contributed by atoms with Crippen LogP contribution in [0.3, 0.4) is 0 Å². The largest absolute Gasteiger partial charge is 0.379 e. The van der Waals surface area contributed by atoms with E-state index in [-0.39, 0.29) is 23.3 Å². The molecule has 5 heteroatoms. The van der Waals surface area contributed by atoms with E-state index >= 15 is 0 Å². The number of benzene rings is 1. The Morgan fingerprint density at radius 3 is 2.48 bits per heavy atom. The first-order chi connectivity index (χ1) is 9.88. The van der Waals surface area contributed by atoms with E-state index in [1.54, 1.807) is 12.1 Å². The smallest absolute Gasteiger partial charge is 0.251 e. The van der Waals surface area contributed by atoms with Crippen molar-refractivity contribution in [3.63, 3.8) is 0 Å². The Balaban J connectivity index is 1.95. The highest BCUT2D eigenvalue weighted by Crippen LogP contribution is 2.27. The molecule has 0 spiro atoms. The third kappa shape index (κ3) is 4.04. The van der Waals surface area contributed by atoms with Crippen molar-refractivity contribution >= 4 is 11.8 Å². The van der Waals surface area contributed by atoms with Crippen LogP contribution in [0.4, 0.5) is 0 Å². The van der Waals surface area contributed by atoms with Crippen LogP contribution in [0.15, 0.2) is 24.3 Å². The van der Waals surface area contributed by atoms with Gasteiger partial charge in [-0.05, 0) is 17.7 Å². The molecule has 1 atom stereocenters. The first-order valence-electron chi connectivity index (χ1n) is 7.10. The van der Waals surface area contributed by atoms with E-state index < -0.39 is 0 Å². The van der Waals surface area contributed by atoms with Crippen molar-refractivity contribution in [2.75, 3.05) is 13.2 Å². The lowest BCUT2D eigenvalue weighted by Gasteiger charge is -2.25. The van der Waals surface area contributed by atoms with Gasteiger partial charge in [-0.2, -0.15) is 0 Å². The molecule has 114 valence electrons. The molecule has 2 amide bonds. The number of carbonyl (C=O) groups is 2. The van der Waals surface area contributed by atoms with Gasteiger partial charge in [-0.1, -0.05) is 26.0 Å². The summed E-state index contributed by atoms with van der Waals surface area (Å²) in [7, 11) is 0. The average molecular weight is 290 g/mol. The topological polar surface area (TPSA) is 67.4 Å². The molecule has 1 fully saturated rings. The van der Waals surface area contributed by atoms with Crippen molar-refractivity contribution in [1.29, 1.82) is 0 Å². The molecule has 0 bridgehead atoms. The third-order valence-corrected chi connectivity index (χ3v) is 3.76. The molecular weight excluding hydrogens is 268 g/mol. The summed E-state index contributed by atoms with van der Waals surface area (Å²) in [5, 5.41) is 5.75. The highest BCUT2D eigenvalue weighted by molar-refractivity contribution is 5.94. The van der Waals surface area contributed by atoms with Crippen molar-refractivity contribution in [2.24, 2.45) is 5.41 Å². The summed E-state index contributed by atoms with van der Waals surface area (Å²) in [6.45, 7) is 7.34. The van der Waals surface area contributed by atoms with Crippen LogP contribution in [0, 0.1) is 5.41 Å². The number of amides is 2. The van der Waals surface area contributed by atoms with Gasteiger partial charge in [-0.3, -0.25) is 9.59 Å². The number of hydrogen-bond acceptors (Lipinski definition) is 3. The highest BCUT2D eigenvalue weighted by atomic mass is 16.5. The summed E-state index contributed by atoms with van der Waals surface area (Å²) < 4.78 is 5.43. The van der Waals surface area contributed by atoms with E-state index in [0.717, 1.165) is 5.56 Å². The molecule has 1 aromatic rings. The molecule has 5 nitrogen and oxygen atoms in total. The maximum atomic E-state index is 12.2. The predicted molar refractivity (Wildman–Crippen MR) is 79.8 cm³/mol. The van der Waals surface area contributed by atoms with Crippen LogP contribution in [-0.4, -0.2) is 31.1 Å². The Morgan fingerprint density at radius 2 is 1.95 bits per heavy atom. The Bertz CT molecular complexity index is 523. The maximum Gasteiger partial charge on any atom is 0.251 e. The van der Waals surface area contributed by atoms with Crippen LogP contribution in [-0.2, 0) is 16.1 Å². The summed E-state index contributed by atoms with van der Waals surface area (Å²) in [6.07, 6.45) is 0. The second-order valence-corrected chi connectivity index (χ2v) is 6.14. The van der Waals surface area contributed by atoms with Crippen LogP contribution in [0.2, 0.25) is 0 Å². The Hall–Kier alpha value is -1.88. The fraction of sp³-hybridized carbons (Fsp3) is 0.500. The quantitative estimate of drug-likeness (QED) is 0.882. The molecule has 0 aromatic heterocycles. The molecule has 2 rings (SSSR count). The van der Waals surface area contributed by atoms with Gasteiger partial charge in [-0.25, -0.2) is 0 Å². The maximum absolute atomic E-state index is 12.2. The Kier molecular flexibility index (Phi) is 4.63. The van der Waals surface area contributed by atoms with Crippen LogP contribution in [0.5, 0.6) is 0 Å². The number of rotatable bonds is 4. The van der Waals surface area contributed by atoms with Crippen LogP contribution >= 0.6 is 0 Å². The van der Waals surface area contributed by atoms with Crippen molar-refractivity contribution in [2.45, 2.75) is 33.4 Å². The fourth-order valence-electron chi connectivity index (χ4n) is 2.25. The summed E-state index contributed by atoms with van der Waals surface area (Å²) >= 11 is 0. The summed E-state index contributed by atoms with van der Waals surface area (Å²) in [5.41, 5.74) is 1.54. The number of nitrogens with one attached hydrogen (secondary N) is 2. The minimum atomic E-state index is -0.0929. The van der Waals surface area contributed by atoms with Gasteiger partial charge in [0.25, 0.3) is 5.91 Å². The molecule has 1 aliphatic heterocycles. The van der Waals surface area contributed by atoms with Gasteiger partial charge in [0.1, 0.15) is 0 Å². The molecule has 1 heterocycles. The average Bonchev–Trinajstić information content (AvgIpc) is 2.76. The van der Waals surface area contributed by atoms with Crippen LogP contribution in [0.25, 0.3) is 0 Å². The standard InChI is InChI=1S/C16H22N2O3/c1-11(19)17-8-12-4-6-13(7-5-12)15(20)18-14-9-21-10-16(14,2)3/h4-7,14H,8-10H2,1-3H3,(H,17,19)(H,18,20). The van der Waals surface area contributed by atoms with E-state index in [0.29, 0.717) is 25.3 Å². The van der Waals surface area contributed by atoms with Crippen molar-refractivity contribution in [1.82, 2.24) is 10.6 Å². The molecule has 1 aliphatic rings. The van der Waals surface area contributed by atoms with Gasteiger partial charge in [0.2, 0.25) is 5.91 Å². The fourth-order valence-corrected chi connectivity index (χ4v) is 2.25. The highest BCUT2D eigenvalue weighted by Gasteiger charge is 2.36. The molecule has 1 aromatic carbocycles. The number of carbonyl (C=O) groups excluding carboxylic acids is 2. The summed E-state index contributed by atoms with van der Waals surface area (Å²) in [5.74, 6) is -0.162. The van der Waals surface area contributed by atoms with Gasteiger partial charge in [-0.15, -0.1) is 0 Å². The lowest BCUT2D eigenvalue weighted by molar-refractivity contribution is -0.119. The van der Waals surface area contributed by atoms with Crippen LogP contribution < -0.4 is 10.6 Å². The molecular formula is C16H22N2O3. The van der Waals surface area contributed by atoms with Crippen molar-refractivity contribution in [3.05, 3.63) is 35.4 Å². The van der Waals surface area contributed by atoms with E-state index in [1.807, 2.05) is 12.1 Å². The van der Waals surface area contributed by atoms with E-state index in [9.17, 15) is 9.59 Å². The monoisotopic (exact) mass is 290 g/mol. The molecule has 21 heavy (non-hydrogen) atoms. The lowest BCUT2D eigenvalue weighted by Crippen LogP contribution is -2.44. The molecule has 0 saturated carbocycles. The molecule has 1 unspecified atom stereocenters. The van der Waals surface area contributed by atoms with E-state index in [1.165, 1.54) is 6.92 Å².